The number of likely N-dealkylation sites (tertiary alicyclic amines) is 1. The Morgan fingerprint density at radius 3 is 2.95 bits per heavy atom. The summed E-state index contributed by atoms with van der Waals surface area (Å²) in [4.78, 5) is 14.3. The molecule has 1 aliphatic rings. The first kappa shape index (κ1) is 13.9. The molecule has 0 bridgehead atoms. The standard InChI is InChI=1S/C15H22N2O2/c1-17-10-6-5-8-13(17)15(18)16-11-12-7-3-4-9-14(12)19-2/h3-4,7,9,13H,5-6,8,10-11H2,1-2H3,(H,16,18). The Kier molecular flexibility index (Phi) is 4.80. The lowest BCUT2D eigenvalue weighted by Gasteiger charge is -2.31. The number of likely N-dealkylation sites (N-methyl/N-ethyl adjacent to an activating group) is 1. The van der Waals surface area contributed by atoms with Gasteiger partial charge in [-0.05, 0) is 32.5 Å². The maximum Gasteiger partial charge on any atom is 0.237 e. The van der Waals surface area contributed by atoms with E-state index in [-0.39, 0.29) is 11.9 Å². The second-order valence-electron chi connectivity index (χ2n) is 5.02. The van der Waals surface area contributed by atoms with E-state index in [9.17, 15) is 4.79 Å². The molecule has 0 radical (unpaired) electrons. The fourth-order valence-corrected chi connectivity index (χ4v) is 2.56. The van der Waals surface area contributed by atoms with Crippen molar-refractivity contribution in [2.75, 3.05) is 20.7 Å². The molecule has 1 saturated heterocycles. The molecule has 2 rings (SSSR count). The van der Waals surface area contributed by atoms with Gasteiger partial charge >= 0.3 is 0 Å². The van der Waals surface area contributed by atoms with Crippen LogP contribution in [0.2, 0.25) is 0 Å². The summed E-state index contributed by atoms with van der Waals surface area (Å²) in [6.07, 6.45) is 3.28. The number of hydrogen-bond donors (Lipinski definition) is 1. The van der Waals surface area contributed by atoms with Gasteiger partial charge in [-0.3, -0.25) is 9.69 Å². The lowest BCUT2D eigenvalue weighted by Crippen LogP contribution is -2.47. The molecule has 4 heteroatoms. The molecule has 1 aromatic carbocycles. The van der Waals surface area contributed by atoms with Crippen LogP contribution in [0.5, 0.6) is 5.75 Å². The van der Waals surface area contributed by atoms with E-state index in [0.717, 1.165) is 30.7 Å². The molecule has 0 saturated carbocycles. The first-order valence-electron chi connectivity index (χ1n) is 6.82. The fraction of sp³-hybridized carbons (Fsp3) is 0.533. The van der Waals surface area contributed by atoms with Crippen molar-refractivity contribution in [1.82, 2.24) is 10.2 Å². The smallest absolute Gasteiger partial charge is 0.237 e. The largest absolute Gasteiger partial charge is 0.496 e. The van der Waals surface area contributed by atoms with E-state index in [1.54, 1.807) is 7.11 Å². The number of amides is 1. The highest BCUT2D eigenvalue weighted by Gasteiger charge is 2.25. The molecule has 0 aromatic heterocycles. The van der Waals surface area contributed by atoms with Crippen molar-refractivity contribution >= 4 is 5.91 Å². The van der Waals surface area contributed by atoms with E-state index in [2.05, 4.69) is 10.2 Å². The molecule has 1 aliphatic heterocycles. The van der Waals surface area contributed by atoms with Gasteiger partial charge in [-0.2, -0.15) is 0 Å². The van der Waals surface area contributed by atoms with E-state index in [4.69, 9.17) is 4.74 Å². The number of ether oxygens (including phenoxy) is 1. The van der Waals surface area contributed by atoms with Gasteiger partial charge in [0, 0.05) is 12.1 Å². The Hall–Kier alpha value is -1.55. The number of rotatable bonds is 4. The van der Waals surface area contributed by atoms with Crippen LogP contribution in [0, 0.1) is 0 Å². The zero-order valence-corrected chi connectivity index (χ0v) is 11.7. The highest BCUT2D eigenvalue weighted by Crippen LogP contribution is 2.18. The van der Waals surface area contributed by atoms with Crippen LogP contribution in [0.4, 0.5) is 0 Å². The van der Waals surface area contributed by atoms with Crippen LogP contribution in [-0.4, -0.2) is 37.6 Å². The quantitative estimate of drug-likeness (QED) is 0.899. The summed E-state index contributed by atoms with van der Waals surface area (Å²) in [5, 5.41) is 3.01. The number of piperidine rings is 1. The van der Waals surface area contributed by atoms with Crippen molar-refractivity contribution in [2.45, 2.75) is 31.8 Å². The lowest BCUT2D eigenvalue weighted by molar-refractivity contribution is -0.127. The van der Waals surface area contributed by atoms with Gasteiger partial charge in [0.1, 0.15) is 5.75 Å². The molecule has 1 fully saturated rings. The topological polar surface area (TPSA) is 41.6 Å². The van der Waals surface area contributed by atoms with Crippen LogP contribution >= 0.6 is 0 Å². The Labute approximate surface area is 114 Å². The van der Waals surface area contributed by atoms with Crippen molar-refractivity contribution in [3.63, 3.8) is 0 Å². The van der Waals surface area contributed by atoms with Crippen molar-refractivity contribution in [3.05, 3.63) is 29.8 Å². The van der Waals surface area contributed by atoms with Crippen LogP contribution in [0.3, 0.4) is 0 Å². The zero-order valence-electron chi connectivity index (χ0n) is 11.7. The van der Waals surface area contributed by atoms with E-state index in [0.29, 0.717) is 6.54 Å². The van der Waals surface area contributed by atoms with E-state index in [1.165, 1.54) is 6.42 Å². The van der Waals surface area contributed by atoms with Crippen LogP contribution in [0.15, 0.2) is 24.3 Å². The number of methoxy groups -OCH3 is 1. The number of para-hydroxylation sites is 1. The first-order chi connectivity index (χ1) is 9.22. The average Bonchev–Trinajstić information content (AvgIpc) is 2.45. The summed E-state index contributed by atoms with van der Waals surface area (Å²) in [5.74, 6) is 0.938. The predicted molar refractivity (Wildman–Crippen MR) is 75.1 cm³/mol. The molecule has 1 N–H and O–H groups in total. The van der Waals surface area contributed by atoms with Crippen LogP contribution in [0.25, 0.3) is 0 Å². The summed E-state index contributed by atoms with van der Waals surface area (Å²) >= 11 is 0. The monoisotopic (exact) mass is 262 g/mol. The number of hydrogen-bond acceptors (Lipinski definition) is 3. The van der Waals surface area contributed by atoms with Crippen molar-refractivity contribution in [3.8, 4) is 5.75 Å². The second kappa shape index (κ2) is 6.57. The summed E-state index contributed by atoms with van der Waals surface area (Å²) in [5.41, 5.74) is 1.01. The van der Waals surface area contributed by atoms with Crippen molar-refractivity contribution in [1.29, 1.82) is 0 Å². The minimum absolute atomic E-state index is 0.0171. The van der Waals surface area contributed by atoms with E-state index >= 15 is 0 Å². The van der Waals surface area contributed by atoms with Gasteiger partial charge in [-0.1, -0.05) is 24.6 Å². The number of nitrogens with zero attached hydrogens (tertiary/aromatic N) is 1. The number of carbonyl (C=O) groups is 1. The van der Waals surface area contributed by atoms with Gasteiger partial charge in [0.25, 0.3) is 0 Å². The molecular formula is C15H22N2O2. The number of benzene rings is 1. The highest BCUT2D eigenvalue weighted by molar-refractivity contribution is 5.81. The zero-order chi connectivity index (χ0) is 13.7. The predicted octanol–water partition coefficient (Wildman–Crippen LogP) is 1.80. The Morgan fingerprint density at radius 2 is 2.21 bits per heavy atom. The fourth-order valence-electron chi connectivity index (χ4n) is 2.56. The van der Waals surface area contributed by atoms with Crippen LogP contribution in [0.1, 0.15) is 24.8 Å². The molecule has 1 unspecified atom stereocenters. The van der Waals surface area contributed by atoms with Crippen LogP contribution < -0.4 is 10.1 Å². The number of carbonyl (C=O) groups excluding carboxylic acids is 1. The molecule has 1 atom stereocenters. The van der Waals surface area contributed by atoms with Gasteiger partial charge in [-0.15, -0.1) is 0 Å². The van der Waals surface area contributed by atoms with Gasteiger partial charge in [0.2, 0.25) is 5.91 Å². The minimum atomic E-state index is 0.0171. The molecule has 1 aromatic rings. The number of nitrogens with one attached hydrogen (secondary N) is 1. The average molecular weight is 262 g/mol. The molecular weight excluding hydrogens is 240 g/mol. The summed E-state index contributed by atoms with van der Waals surface area (Å²) in [7, 11) is 3.67. The minimum Gasteiger partial charge on any atom is -0.496 e. The maximum absolute atomic E-state index is 12.2. The van der Waals surface area contributed by atoms with Gasteiger partial charge in [0.05, 0.1) is 13.2 Å². The maximum atomic E-state index is 12.2. The normalized spacial score (nSPS) is 20.0. The Balaban J connectivity index is 1.92. The molecule has 104 valence electrons. The first-order valence-corrected chi connectivity index (χ1v) is 6.82. The highest BCUT2D eigenvalue weighted by atomic mass is 16.5. The summed E-state index contributed by atoms with van der Waals surface area (Å²) < 4.78 is 5.28. The molecule has 0 spiro atoms. The molecule has 0 aliphatic carbocycles. The summed E-state index contributed by atoms with van der Waals surface area (Å²) in [6.45, 7) is 1.53. The van der Waals surface area contributed by atoms with E-state index < -0.39 is 0 Å². The molecule has 1 heterocycles. The second-order valence-corrected chi connectivity index (χ2v) is 5.02. The Morgan fingerprint density at radius 1 is 1.42 bits per heavy atom. The van der Waals surface area contributed by atoms with Crippen molar-refractivity contribution < 1.29 is 9.53 Å². The van der Waals surface area contributed by atoms with Crippen molar-refractivity contribution in [2.24, 2.45) is 0 Å². The molecule has 1 amide bonds. The van der Waals surface area contributed by atoms with Gasteiger partial charge in [-0.25, -0.2) is 0 Å². The molecule has 4 nitrogen and oxygen atoms in total. The third-order valence-corrected chi connectivity index (χ3v) is 3.72. The van der Waals surface area contributed by atoms with Gasteiger partial charge in [0.15, 0.2) is 0 Å². The molecule has 19 heavy (non-hydrogen) atoms. The van der Waals surface area contributed by atoms with E-state index in [1.807, 2.05) is 31.3 Å². The summed E-state index contributed by atoms with van der Waals surface area (Å²) in [6, 6.07) is 7.79. The Bertz CT molecular complexity index is 434. The van der Waals surface area contributed by atoms with Gasteiger partial charge < -0.3 is 10.1 Å². The SMILES string of the molecule is COc1ccccc1CNC(=O)C1CCCCN1C. The third-order valence-electron chi connectivity index (χ3n) is 3.72. The van der Waals surface area contributed by atoms with Crippen LogP contribution in [-0.2, 0) is 11.3 Å². The third kappa shape index (κ3) is 3.47. The lowest BCUT2D eigenvalue weighted by atomic mass is 10.0.